The number of carbonyl (C=O) groups is 1. The Morgan fingerprint density at radius 2 is 1.31 bits per heavy atom. The van der Waals surface area contributed by atoms with E-state index in [0.29, 0.717) is 0 Å². The third kappa shape index (κ3) is 4.89. The quantitative estimate of drug-likeness (QED) is 0.198. The number of anilines is 2. The van der Waals surface area contributed by atoms with Gasteiger partial charge in [-0.1, -0.05) is 54.6 Å². The van der Waals surface area contributed by atoms with E-state index in [1.54, 1.807) is 6.92 Å². The average Bonchev–Trinajstić information content (AvgIpc) is 3.55. The number of rotatable bonds is 7. The minimum Gasteiger partial charge on any atom is -0.374 e. The van der Waals surface area contributed by atoms with Gasteiger partial charge in [0.05, 0.1) is 28.5 Å². The smallest absolute Gasteiger partial charge is 0.221 e. The Bertz CT molecular complexity index is 1520. The van der Waals surface area contributed by atoms with E-state index in [2.05, 4.69) is 31.0 Å². The predicted molar refractivity (Wildman–Crippen MR) is 142 cm³/mol. The first-order chi connectivity index (χ1) is 17.5. The number of amides is 1. The molecule has 2 aromatic heterocycles. The van der Waals surface area contributed by atoms with E-state index in [0.717, 1.165) is 56.4 Å². The summed E-state index contributed by atoms with van der Waals surface area (Å²) in [6, 6.07) is 27.3. The van der Waals surface area contributed by atoms with Gasteiger partial charge in [0.1, 0.15) is 6.23 Å². The first-order valence-electron chi connectivity index (χ1n) is 11.6. The number of aromatic nitrogens is 4. The van der Waals surface area contributed by atoms with Crippen LogP contribution in [-0.2, 0) is 4.79 Å². The Morgan fingerprint density at radius 3 is 1.86 bits per heavy atom. The van der Waals surface area contributed by atoms with Gasteiger partial charge in [-0.25, -0.2) is 0 Å². The predicted octanol–water partition coefficient (Wildman–Crippen LogP) is 5.51. The molecule has 3 aromatic carbocycles. The molecule has 5 aromatic rings. The fourth-order valence-corrected chi connectivity index (χ4v) is 4.14. The summed E-state index contributed by atoms with van der Waals surface area (Å²) in [5, 5.41) is 30.9. The zero-order valence-corrected chi connectivity index (χ0v) is 19.9. The third-order valence-electron chi connectivity index (χ3n) is 5.72. The highest BCUT2D eigenvalue weighted by atomic mass is 16.3. The van der Waals surface area contributed by atoms with E-state index in [1.807, 2.05) is 84.9 Å². The summed E-state index contributed by atoms with van der Waals surface area (Å²) in [6.07, 6.45) is -0.672. The van der Waals surface area contributed by atoms with E-state index in [-0.39, 0.29) is 5.91 Å². The molecule has 1 amide bonds. The van der Waals surface area contributed by atoms with Crippen molar-refractivity contribution < 1.29 is 9.90 Å². The lowest BCUT2D eigenvalue weighted by atomic mass is 10.0. The molecule has 0 aliphatic rings. The second kappa shape index (κ2) is 9.89. The number of hydrogen-bond donors (Lipinski definition) is 5. The summed E-state index contributed by atoms with van der Waals surface area (Å²) in [5.41, 5.74) is 8.44. The summed E-state index contributed by atoms with van der Waals surface area (Å²) in [6.45, 7) is 3.17. The van der Waals surface area contributed by atoms with E-state index in [4.69, 9.17) is 0 Å². The molecule has 0 fully saturated rings. The van der Waals surface area contributed by atoms with Crippen molar-refractivity contribution in [2.45, 2.75) is 20.1 Å². The second-order valence-corrected chi connectivity index (χ2v) is 8.51. The topological polar surface area (TPSA) is 119 Å². The van der Waals surface area contributed by atoms with Gasteiger partial charge in [-0.2, -0.15) is 10.2 Å². The van der Waals surface area contributed by atoms with Gasteiger partial charge in [0, 0.05) is 34.9 Å². The molecule has 8 heteroatoms. The van der Waals surface area contributed by atoms with Crippen LogP contribution in [0.2, 0.25) is 0 Å². The molecule has 0 spiro atoms. The zero-order valence-electron chi connectivity index (χ0n) is 19.9. The van der Waals surface area contributed by atoms with E-state index < -0.39 is 6.23 Å². The van der Waals surface area contributed by atoms with E-state index in [9.17, 15) is 9.90 Å². The van der Waals surface area contributed by atoms with Crippen LogP contribution in [0.25, 0.3) is 45.0 Å². The Labute approximate surface area is 208 Å². The highest BCUT2D eigenvalue weighted by Crippen LogP contribution is 2.33. The maximum absolute atomic E-state index is 11.6. The molecule has 0 aliphatic carbocycles. The van der Waals surface area contributed by atoms with Gasteiger partial charge < -0.3 is 15.7 Å². The highest BCUT2D eigenvalue weighted by Gasteiger charge is 2.13. The maximum atomic E-state index is 11.6. The number of carbonyl (C=O) groups excluding carboxylic acids is 1. The molecular weight excluding hydrogens is 452 g/mol. The van der Waals surface area contributed by atoms with Crippen molar-refractivity contribution in [3.05, 3.63) is 84.9 Å². The van der Waals surface area contributed by atoms with Crippen LogP contribution in [0.5, 0.6) is 0 Å². The summed E-state index contributed by atoms with van der Waals surface area (Å²) in [7, 11) is 0. The normalized spacial score (nSPS) is 11.8. The van der Waals surface area contributed by atoms with Gasteiger partial charge in [0.15, 0.2) is 0 Å². The molecule has 0 bridgehead atoms. The minimum absolute atomic E-state index is 0.127. The lowest BCUT2D eigenvalue weighted by Gasteiger charge is -2.12. The summed E-state index contributed by atoms with van der Waals surface area (Å²) in [5.74, 6) is -0.127. The minimum atomic E-state index is -0.672. The SMILES string of the molecule is CC(=O)Nc1ccccc1-c1cc(-c2cccc(-c3cc(-c4ccccc4NC(C)O)[nH]n3)c2)n[nH]1. The van der Waals surface area contributed by atoms with Crippen LogP contribution in [0.3, 0.4) is 0 Å². The molecule has 0 radical (unpaired) electrons. The lowest BCUT2D eigenvalue weighted by molar-refractivity contribution is -0.114. The number of nitrogens with zero attached hydrogens (tertiary/aromatic N) is 2. The largest absolute Gasteiger partial charge is 0.374 e. The molecule has 1 atom stereocenters. The van der Waals surface area contributed by atoms with Crippen LogP contribution >= 0.6 is 0 Å². The van der Waals surface area contributed by atoms with Crippen LogP contribution < -0.4 is 10.6 Å². The van der Waals surface area contributed by atoms with E-state index >= 15 is 0 Å². The molecule has 8 nitrogen and oxygen atoms in total. The van der Waals surface area contributed by atoms with Crippen LogP contribution in [0.1, 0.15) is 13.8 Å². The molecule has 180 valence electrons. The van der Waals surface area contributed by atoms with Gasteiger partial charge in [0.2, 0.25) is 5.91 Å². The molecule has 0 saturated heterocycles. The number of benzene rings is 3. The van der Waals surface area contributed by atoms with E-state index in [1.165, 1.54) is 6.92 Å². The molecule has 5 rings (SSSR count). The molecule has 0 saturated carbocycles. The monoisotopic (exact) mass is 478 g/mol. The Hall–Kier alpha value is -4.69. The third-order valence-corrected chi connectivity index (χ3v) is 5.72. The van der Waals surface area contributed by atoms with Gasteiger partial charge in [0.25, 0.3) is 0 Å². The molecule has 36 heavy (non-hydrogen) atoms. The zero-order chi connectivity index (χ0) is 25.1. The van der Waals surface area contributed by atoms with Crippen molar-refractivity contribution in [1.29, 1.82) is 0 Å². The number of nitrogens with one attached hydrogen (secondary N) is 4. The first kappa shape index (κ1) is 23.1. The Balaban J connectivity index is 1.44. The molecule has 5 N–H and O–H groups in total. The number of H-pyrrole nitrogens is 2. The molecule has 0 aliphatic heterocycles. The van der Waals surface area contributed by atoms with Crippen molar-refractivity contribution in [3.8, 4) is 45.0 Å². The Morgan fingerprint density at radius 1 is 0.778 bits per heavy atom. The number of para-hydroxylation sites is 2. The number of aliphatic hydroxyl groups is 1. The fourth-order valence-electron chi connectivity index (χ4n) is 4.14. The number of hydrogen-bond acceptors (Lipinski definition) is 5. The van der Waals surface area contributed by atoms with Crippen molar-refractivity contribution >= 4 is 17.3 Å². The molecule has 1 unspecified atom stereocenters. The van der Waals surface area contributed by atoms with Crippen LogP contribution in [0.15, 0.2) is 84.9 Å². The standard InChI is InChI=1S/C28H26N6O2/c1-17(35)29-23-12-5-3-10-21(23)27-15-25(31-33-27)19-8-7-9-20(14-19)26-16-28(34-32-26)22-11-4-6-13-24(22)30-18(2)36/h3-17,29,35H,1-2H3,(H,30,36)(H,31,33)(H,32,34). The van der Waals surface area contributed by atoms with Crippen molar-refractivity contribution in [2.24, 2.45) is 0 Å². The van der Waals surface area contributed by atoms with Gasteiger partial charge in [-0.15, -0.1) is 0 Å². The molecular formula is C28H26N6O2. The number of aliphatic hydroxyl groups excluding tert-OH is 1. The summed E-state index contributed by atoms with van der Waals surface area (Å²) < 4.78 is 0. The van der Waals surface area contributed by atoms with Crippen LogP contribution in [-0.4, -0.2) is 37.6 Å². The summed E-state index contributed by atoms with van der Waals surface area (Å²) in [4.78, 5) is 11.6. The van der Waals surface area contributed by atoms with Crippen molar-refractivity contribution in [2.75, 3.05) is 10.6 Å². The van der Waals surface area contributed by atoms with Crippen LogP contribution in [0.4, 0.5) is 11.4 Å². The first-order valence-corrected chi connectivity index (χ1v) is 11.6. The van der Waals surface area contributed by atoms with Crippen molar-refractivity contribution in [1.82, 2.24) is 20.4 Å². The van der Waals surface area contributed by atoms with Gasteiger partial charge in [-0.05, 0) is 37.3 Å². The lowest BCUT2D eigenvalue weighted by Crippen LogP contribution is -2.13. The highest BCUT2D eigenvalue weighted by molar-refractivity contribution is 5.94. The fraction of sp³-hybridized carbons (Fsp3) is 0.107. The number of aromatic amines is 2. The second-order valence-electron chi connectivity index (χ2n) is 8.51. The van der Waals surface area contributed by atoms with Gasteiger partial charge in [-0.3, -0.25) is 15.0 Å². The summed E-state index contributed by atoms with van der Waals surface area (Å²) >= 11 is 0. The molecule has 2 heterocycles. The van der Waals surface area contributed by atoms with Gasteiger partial charge >= 0.3 is 0 Å². The average molecular weight is 479 g/mol. The van der Waals surface area contributed by atoms with Crippen LogP contribution in [0, 0.1) is 0 Å². The van der Waals surface area contributed by atoms with Crippen molar-refractivity contribution in [3.63, 3.8) is 0 Å². The Kier molecular flexibility index (Phi) is 6.34. The maximum Gasteiger partial charge on any atom is 0.221 e.